The van der Waals surface area contributed by atoms with Gasteiger partial charge in [-0.25, -0.2) is 13.1 Å². The van der Waals surface area contributed by atoms with Gasteiger partial charge in [-0.2, -0.15) is 16.9 Å². The molecule has 110 valence electrons. The van der Waals surface area contributed by atoms with Gasteiger partial charge in [-0.05, 0) is 19.7 Å². The molecule has 0 radical (unpaired) electrons. The fourth-order valence-electron chi connectivity index (χ4n) is 1.59. The molecule has 2 N–H and O–H groups in total. The molecule has 0 aliphatic heterocycles. The highest BCUT2D eigenvalue weighted by atomic mass is 32.2. The Hall–Kier alpha value is -0.570. The van der Waals surface area contributed by atoms with Crippen molar-refractivity contribution in [1.29, 1.82) is 0 Å². The maximum atomic E-state index is 12.1. The van der Waals surface area contributed by atoms with E-state index in [0.717, 1.165) is 18.8 Å². The number of hydrogen-bond acceptors (Lipinski definition) is 5. The molecule has 0 spiro atoms. The fourth-order valence-corrected chi connectivity index (χ4v) is 3.48. The predicted octanol–water partition coefficient (Wildman–Crippen LogP) is 0.522. The first kappa shape index (κ1) is 16.5. The molecule has 0 aliphatic carbocycles. The van der Waals surface area contributed by atoms with Crippen LogP contribution in [0.5, 0.6) is 0 Å². The lowest BCUT2D eigenvalue weighted by Gasteiger charge is -2.11. The van der Waals surface area contributed by atoms with E-state index in [9.17, 15) is 8.42 Å². The van der Waals surface area contributed by atoms with Crippen LogP contribution >= 0.6 is 11.8 Å². The zero-order chi connectivity index (χ0) is 14.3. The lowest BCUT2D eigenvalue weighted by molar-refractivity contribution is 0.561. The molecule has 1 unspecified atom stereocenters. The van der Waals surface area contributed by atoms with Crippen LogP contribution in [0.1, 0.15) is 13.8 Å². The van der Waals surface area contributed by atoms with Crippen molar-refractivity contribution in [3.05, 3.63) is 12.4 Å². The zero-order valence-corrected chi connectivity index (χ0v) is 13.2. The lowest BCUT2D eigenvalue weighted by Crippen LogP contribution is -2.34. The van der Waals surface area contributed by atoms with Crippen LogP contribution in [-0.4, -0.2) is 49.3 Å². The Morgan fingerprint density at radius 3 is 2.89 bits per heavy atom. The van der Waals surface area contributed by atoms with Crippen LogP contribution < -0.4 is 10.0 Å². The average molecular weight is 306 g/mol. The molecule has 0 saturated heterocycles. The maximum Gasteiger partial charge on any atom is 0.243 e. The van der Waals surface area contributed by atoms with Crippen LogP contribution in [0.4, 0.5) is 0 Å². The van der Waals surface area contributed by atoms with E-state index in [0.29, 0.717) is 6.54 Å². The summed E-state index contributed by atoms with van der Waals surface area (Å²) in [6.07, 6.45) is 4.90. The molecular formula is C11H22N4O2S2. The van der Waals surface area contributed by atoms with E-state index >= 15 is 0 Å². The predicted molar refractivity (Wildman–Crippen MR) is 78.9 cm³/mol. The average Bonchev–Trinajstić information content (AvgIpc) is 2.78. The summed E-state index contributed by atoms with van der Waals surface area (Å²) in [6, 6.07) is -0.0925. The highest BCUT2D eigenvalue weighted by Gasteiger charge is 2.18. The Bertz CT molecular complexity index is 473. The minimum atomic E-state index is -3.46. The first-order valence-corrected chi connectivity index (χ1v) is 9.11. The van der Waals surface area contributed by atoms with Crippen LogP contribution in [0.2, 0.25) is 0 Å². The number of likely N-dealkylation sites (N-methyl/N-ethyl adjacent to an activating group) is 1. The summed E-state index contributed by atoms with van der Waals surface area (Å²) >= 11 is 1.61. The number of aromatic nitrogens is 2. The highest BCUT2D eigenvalue weighted by Crippen LogP contribution is 2.08. The van der Waals surface area contributed by atoms with Crippen LogP contribution in [0.15, 0.2) is 17.3 Å². The topological polar surface area (TPSA) is 76.0 Å². The molecule has 6 nitrogen and oxygen atoms in total. The molecule has 0 bridgehead atoms. The molecule has 0 aliphatic rings. The molecular weight excluding hydrogens is 284 g/mol. The minimum absolute atomic E-state index is 0.0925. The summed E-state index contributed by atoms with van der Waals surface area (Å²) in [7, 11) is -3.46. The van der Waals surface area contributed by atoms with Gasteiger partial charge in [0.05, 0.1) is 12.7 Å². The summed E-state index contributed by atoms with van der Waals surface area (Å²) < 4.78 is 28.4. The number of thioether (sulfide) groups is 1. The monoisotopic (exact) mass is 306 g/mol. The number of nitrogens with one attached hydrogen (secondary N) is 2. The third-order valence-electron chi connectivity index (χ3n) is 2.46. The molecule has 0 fully saturated rings. The molecule has 1 atom stereocenters. The molecule has 8 heteroatoms. The molecule has 0 saturated carbocycles. The Morgan fingerprint density at radius 2 is 2.26 bits per heavy atom. The van der Waals surface area contributed by atoms with Gasteiger partial charge in [-0.1, -0.05) is 6.92 Å². The number of sulfonamides is 1. The van der Waals surface area contributed by atoms with E-state index in [2.05, 4.69) is 15.1 Å². The largest absolute Gasteiger partial charge is 0.315 e. The van der Waals surface area contributed by atoms with Gasteiger partial charge in [0, 0.05) is 24.5 Å². The van der Waals surface area contributed by atoms with Gasteiger partial charge in [0.25, 0.3) is 0 Å². The third kappa shape index (κ3) is 5.52. The second-order valence-corrected chi connectivity index (χ2v) is 6.90. The first-order valence-electron chi connectivity index (χ1n) is 6.24. The van der Waals surface area contributed by atoms with Crippen molar-refractivity contribution in [3.63, 3.8) is 0 Å². The summed E-state index contributed by atoms with van der Waals surface area (Å²) in [5.41, 5.74) is 0. The lowest BCUT2D eigenvalue weighted by atomic mass is 10.4. The zero-order valence-electron chi connectivity index (χ0n) is 11.6. The summed E-state index contributed by atoms with van der Waals surface area (Å²) in [6.45, 7) is 6.19. The van der Waals surface area contributed by atoms with Gasteiger partial charge >= 0.3 is 0 Å². The van der Waals surface area contributed by atoms with Crippen molar-refractivity contribution in [3.8, 4) is 0 Å². The van der Waals surface area contributed by atoms with Crippen molar-refractivity contribution in [2.75, 3.05) is 25.1 Å². The Kier molecular flexibility index (Phi) is 6.84. The van der Waals surface area contributed by atoms with Gasteiger partial charge in [0.2, 0.25) is 10.0 Å². The van der Waals surface area contributed by atoms with E-state index in [4.69, 9.17) is 0 Å². The quantitative estimate of drug-likeness (QED) is 0.651. The van der Waals surface area contributed by atoms with Crippen LogP contribution in [0.3, 0.4) is 0 Å². The highest BCUT2D eigenvalue weighted by molar-refractivity contribution is 7.98. The number of hydrogen-bond donors (Lipinski definition) is 2. The van der Waals surface area contributed by atoms with Crippen LogP contribution in [0, 0.1) is 0 Å². The molecule has 1 aromatic heterocycles. The Morgan fingerprint density at radius 1 is 1.53 bits per heavy atom. The Balaban J connectivity index is 2.63. The Labute approximate surface area is 119 Å². The summed E-state index contributed by atoms with van der Waals surface area (Å²) in [4.78, 5) is 0.219. The molecule has 1 rings (SSSR count). The van der Waals surface area contributed by atoms with Crippen molar-refractivity contribution < 1.29 is 8.42 Å². The van der Waals surface area contributed by atoms with Crippen molar-refractivity contribution in [2.45, 2.75) is 31.3 Å². The SMILES string of the molecule is CCNCCn1cc(S(=O)(=O)NC(C)CSC)cn1. The standard InChI is InChI=1S/C11H22N4O2S2/c1-4-12-5-6-15-8-11(7-13-15)19(16,17)14-10(2)9-18-3/h7-8,10,12,14H,4-6,9H2,1-3H3. The third-order valence-corrected chi connectivity index (χ3v) is 4.84. The van der Waals surface area contributed by atoms with E-state index in [1.807, 2.05) is 20.1 Å². The van der Waals surface area contributed by atoms with Crippen molar-refractivity contribution in [2.24, 2.45) is 0 Å². The smallest absolute Gasteiger partial charge is 0.243 e. The minimum Gasteiger partial charge on any atom is -0.315 e. The normalized spacial score (nSPS) is 13.6. The maximum absolute atomic E-state index is 12.1. The van der Waals surface area contributed by atoms with E-state index in [1.165, 1.54) is 6.20 Å². The van der Waals surface area contributed by atoms with Crippen molar-refractivity contribution >= 4 is 21.8 Å². The molecule has 1 heterocycles. The molecule has 0 aromatic carbocycles. The number of rotatable bonds is 9. The van der Waals surface area contributed by atoms with Crippen LogP contribution in [-0.2, 0) is 16.6 Å². The van der Waals surface area contributed by atoms with E-state index in [1.54, 1.807) is 22.6 Å². The van der Waals surface area contributed by atoms with Crippen molar-refractivity contribution in [1.82, 2.24) is 19.8 Å². The van der Waals surface area contributed by atoms with Gasteiger partial charge in [0.15, 0.2) is 0 Å². The van der Waals surface area contributed by atoms with Gasteiger partial charge in [-0.15, -0.1) is 0 Å². The molecule has 1 aromatic rings. The van der Waals surface area contributed by atoms with Gasteiger partial charge in [-0.3, -0.25) is 4.68 Å². The molecule has 0 amide bonds. The van der Waals surface area contributed by atoms with Gasteiger partial charge < -0.3 is 5.32 Å². The molecule has 19 heavy (non-hydrogen) atoms. The fraction of sp³-hybridized carbons (Fsp3) is 0.727. The van der Waals surface area contributed by atoms with E-state index in [-0.39, 0.29) is 10.9 Å². The van der Waals surface area contributed by atoms with Gasteiger partial charge in [0.1, 0.15) is 4.90 Å². The second-order valence-electron chi connectivity index (χ2n) is 4.27. The summed E-state index contributed by atoms with van der Waals surface area (Å²) in [5.74, 6) is 0.744. The first-order chi connectivity index (χ1) is 8.99. The van der Waals surface area contributed by atoms with E-state index < -0.39 is 10.0 Å². The van der Waals surface area contributed by atoms with Crippen LogP contribution in [0.25, 0.3) is 0 Å². The number of nitrogens with zero attached hydrogens (tertiary/aromatic N) is 2. The second kappa shape index (κ2) is 7.88. The summed E-state index contributed by atoms with van der Waals surface area (Å²) in [5, 5.41) is 7.22.